The number of ether oxygens (including phenoxy) is 2. The molecule has 0 aliphatic rings. The third-order valence-corrected chi connectivity index (χ3v) is 10.2. The van der Waals surface area contributed by atoms with Gasteiger partial charge in [-0.3, -0.25) is 13.8 Å². The molecular weight excluding hydrogens is 758 g/mol. The predicted octanol–water partition coefficient (Wildman–Crippen LogP) is 14.2. The summed E-state index contributed by atoms with van der Waals surface area (Å²) in [6, 6.07) is 0. The van der Waals surface area contributed by atoms with Gasteiger partial charge in [0.1, 0.15) is 6.10 Å². The summed E-state index contributed by atoms with van der Waals surface area (Å²) < 4.78 is 33.4. The molecule has 2 atom stereocenters. The molecule has 0 heterocycles. The van der Waals surface area contributed by atoms with Crippen LogP contribution in [0.1, 0.15) is 174 Å². The maximum absolute atomic E-state index is 12.6. The van der Waals surface area contributed by atoms with Gasteiger partial charge in [0.2, 0.25) is 0 Å². The van der Waals surface area contributed by atoms with E-state index in [0.29, 0.717) is 13.0 Å². The molecule has 0 bridgehead atoms. The highest BCUT2D eigenvalue weighted by Gasteiger charge is 2.25. The van der Waals surface area contributed by atoms with Crippen LogP contribution in [0.5, 0.6) is 0 Å². The van der Waals surface area contributed by atoms with Crippen molar-refractivity contribution in [3.63, 3.8) is 0 Å². The van der Waals surface area contributed by atoms with Crippen molar-refractivity contribution < 1.29 is 32.8 Å². The number of hydrogen-bond donors (Lipinski definition) is 2. The summed E-state index contributed by atoms with van der Waals surface area (Å²) in [6.07, 6.45) is 61.4. The van der Waals surface area contributed by atoms with Gasteiger partial charge in [0.15, 0.2) is 0 Å². The topological polar surface area (TPSA) is 117 Å². The van der Waals surface area contributed by atoms with E-state index < -0.39 is 13.9 Å². The first kappa shape index (κ1) is 56.4. The van der Waals surface area contributed by atoms with E-state index in [9.17, 15) is 14.3 Å². The molecular formula is C50H86NO7P. The lowest BCUT2D eigenvalue weighted by atomic mass is 10.1. The van der Waals surface area contributed by atoms with Crippen molar-refractivity contribution in [3.05, 3.63) is 97.2 Å². The largest absolute Gasteiger partial charge is 0.472 e. The lowest BCUT2D eigenvalue weighted by molar-refractivity contribution is -0.154. The second kappa shape index (κ2) is 46.5. The summed E-state index contributed by atoms with van der Waals surface area (Å²) in [5.74, 6) is -0.368. The molecule has 8 nitrogen and oxygen atoms in total. The van der Waals surface area contributed by atoms with Crippen LogP contribution in [0.4, 0.5) is 0 Å². The van der Waals surface area contributed by atoms with Crippen molar-refractivity contribution in [2.45, 2.75) is 180 Å². The summed E-state index contributed by atoms with van der Waals surface area (Å²) in [6.45, 7) is 4.72. The zero-order valence-corrected chi connectivity index (χ0v) is 38.3. The van der Waals surface area contributed by atoms with Crippen LogP contribution in [-0.2, 0) is 27.9 Å². The van der Waals surface area contributed by atoms with Crippen LogP contribution < -0.4 is 5.73 Å². The Morgan fingerprint density at radius 2 is 0.949 bits per heavy atom. The van der Waals surface area contributed by atoms with Gasteiger partial charge in [-0.2, -0.15) is 0 Å². The lowest BCUT2D eigenvalue weighted by Gasteiger charge is -2.20. The van der Waals surface area contributed by atoms with Gasteiger partial charge in [0.25, 0.3) is 0 Å². The van der Waals surface area contributed by atoms with Gasteiger partial charge < -0.3 is 20.1 Å². The Bertz CT molecular complexity index is 1220. The highest BCUT2D eigenvalue weighted by atomic mass is 31.2. The highest BCUT2D eigenvalue weighted by Crippen LogP contribution is 2.43. The van der Waals surface area contributed by atoms with Crippen molar-refractivity contribution in [1.82, 2.24) is 0 Å². The standard InChI is InChI=1S/C50H86NO7P/c1-3-5-7-9-11-13-15-17-19-20-21-22-23-24-25-26-27-28-29-31-33-35-37-39-41-43-50(52)58-49(48-57-59(53,54)56-46-44-51)47-55-45-42-40-38-36-34-32-30-18-16-14-12-10-8-6-4-2/h5,7,11,13,16-19,21-22,24-25,27-28,31,33,49H,3-4,6,8-10,12,14-15,20,23,26,29-30,32,34-48,51H2,1-2H3,(H,53,54)/b7-5-,13-11-,18-16-,19-17-,22-21-,25-24-,28-27-,33-31-. The highest BCUT2D eigenvalue weighted by molar-refractivity contribution is 7.47. The van der Waals surface area contributed by atoms with E-state index in [2.05, 4.69) is 111 Å². The number of unbranched alkanes of at least 4 members (excludes halogenated alkanes) is 14. The molecule has 0 amide bonds. The monoisotopic (exact) mass is 844 g/mol. The van der Waals surface area contributed by atoms with Gasteiger partial charge in [-0.15, -0.1) is 0 Å². The van der Waals surface area contributed by atoms with Crippen molar-refractivity contribution in [2.24, 2.45) is 5.73 Å². The molecule has 338 valence electrons. The number of hydrogen-bond acceptors (Lipinski definition) is 7. The fourth-order valence-corrected chi connectivity index (χ4v) is 6.62. The zero-order chi connectivity index (χ0) is 43.0. The van der Waals surface area contributed by atoms with Crippen molar-refractivity contribution in [1.29, 1.82) is 0 Å². The molecule has 59 heavy (non-hydrogen) atoms. The van der Waals surface area contributed by atoms with E-state index >= 15 is 0 Å². The smallest absolute Gasteiger partial charge is 0.457 e. The predicted molar refractivity (Wildman–Crippen MR) is 251 cm³/mol. The number of phosphoric acid groups is 1. The van der Waals surface area contributed by atoms with E-state index in [0.717, 1.165) is 83.5 Å². The Kier molecular flexibility index (Phi) is 44.5. The molecule has 0 saturated heterocycles. The maximum atomic E-state index is 12.6. The number of phosphoric ester groups is 1. The van der Waals surface area contributed by atoms with Gasteiger partial charge in [0, 0.05) is 19.6 Å². The van der Waals surface area contributed by atoms with Gasteiger partial charge in [-0.05, 0) is 96.3 Å². The van der Waals surface area contributed by atoms with Crippen LogP contribution in [0.2, 0.25) is 0 Å². The third kappa shape index (κ3) is 46.3. The van der Waals surface area contributed by atoms with E-state index in [-0.39, 0.29) is 38.8 Å². The van der Waals surface area contributed by atoms with Gasteiger partial charge in [-0.1, -0.05) is 169 Å². The fraction of sp³-hybridized carbons (Fsp3) is 0.660. The van der Waals surface area contributed by atoms with E-state index in [1.165, 1.54) is 64.2 Å². The molecule has 0 radical (unpaired) electrons. The first-order chi connectivity index (χ1) is 28.9. The molecule has 2 unspecified atom stereocenters. The number of esters is 1. The molecule has 0 saturated carbocycles. The summed E-state index contributed by atoms with van der Waals surface area (Å²) in [4.78, 5) is 22.5. The average Bonchev–Trinajstić information content (AvgIpc) is 3.23. The molecule has 0 aromatic rings. The minimum Gasteiger partial charge on any atom is -0.457 e. The zero-order valence-electron chi connectivity index (χ0n) is 37.4. The van der Waals surface area contributed by atoms with E-state index in [1.54, 1.807) is 0 Å². The molecule has 0 spiro atoms. The summed E-state index contributed by atoms with van der Waals surface area (Å²) in [5, 5.41) is 0. The normalized spacial score (nSPS) is 14.3. The molecule has 0 aromatic heterocycles. The SMILES string of the molecule is CC/C=C\C/C=C\C/C=C\C/C=C\C/C=C\C/C=C\C/C=C\CCCCCC(=O)OC(COCCCCCCCC/C=C\CCCCCCC)COP(=O)(O)OCCN. The van der Waals surface area contributed by atoms with Crippen LogP contribution in [0.25, 0.3) is 0 Å². The molecule has 0 fully saturated rings. The minimum absolute atomic E-state index is 0.0883. The van der Waals surface area contributed by atoms with Crippen molar-refractivity contribution in [2.75, 3.05) is 33.0 Å². The number of allylic oxidation sites excluding steroid dienone is 16. The molecule has 0 aromatic carbocycles. The first-order valence-electron chi connectivity index (χ1n) is 23.2. The van der Waals surface area contributed by atoms with Crippen molar-refractivity contribution in [3.8, 4) is 0 Å². The van der Waals surface area contributed by atoms with Crippen LogP contribution in [0.3, 0.4) is 0 Å². The van der Waals surface area contributed by atoms with Crippen LogP contribution in [0.15, 0.2) is 97.2 Å². The number of nitrogens with two attached hydrogens (primary N) is 1. The number of carbonyl (C=O) groups is 1. The second-order valence-electron chi connectivity index (χ2n) is 14.9. The lowest BCUT2D eigenvalue weighted by Crippen LogP contribution is -2.28. The second-order valence-corrected chi connectivity index (χ2v) is 16.3. The minimum atomic E-state index is -4.30. The third-order valence-electron chi connectivity index (χ3n) is 9.24. The molecule has 0 aliphatic heterocycles. The Morgan fingerprint density at radius 3 is 1.44 bits per heavy atom. The average molecular weight is 844 g/mol. The maximum Gasteiger partial charge on any atom is 0.472 e. The number of rotatable bonds is 43. The molecule has 9 heteroatoms. The van der Waals surface area contributed by atoms with E-state index in [4.69, 9.17) is 24.3 Å². The summed E-state index contributed by atoms with van der Waals surface area (Å²) >= 11 is 0. The van der Waals surface area contributed by atoms with Gasteiger partial charge >= 0.3 is 13.8 Å². The molecule has 0 rings (SSSR count). The molecule has 3 N–H and O–H groups in total. The van der Waals surface area contributed by atoms with Crippen LogP contribution in [-0.4, -0.2) is 49.9 Å². The number of carbonyl (C=O) groups excluding carboxylic acids is 1. The van der Waals surface area contributed by atoms with Crippen molar-refractivity contribution >= 4 is 13.8 Å². The fourth-order valence-electron chi connectivity index (χ4n) is 5.85. The Balaban J connectivity index is 4.12. The first-order valence-corrected chi connectivity index (χ1v) is 24.7. The van der Waals surface area contributed by atoms with E-state index in [1.807, 2.05) is 0 Å². The quantitative estimate of drug-likeness (QED) is 0.0270. The molecule has 0 aliphatic carbocycles. The Labute approximate surface area is 361 Å². The van der Waals surface area contributed by atoms with Gasteiger partial charge in [-0.25, -0.2) is 4.57 Å². The van der Waals surface area contributed by atoms with Crippen LogP contribution in [0, 0.1) is 0 Å². The Hall–Kier alpha value is -2.58. The van der Waals surface area contributed by atoms with Gasteiger partial charge in [0.05, 0.1) is 19.8 Å². The summed E-state index contributed by atoms with van der Waals surface area (Å²) in [7, 11) is -4.30. The summed E-state index contributed by atoms with van der Waals surface area (Å²) in [5.41, 5.74) is 5.37. The van der Waals surface area contributed by atoms with Crippen LogP contribution >= 0.6 is 7.82 Å². The Morgan fingerprint density at radius 1 is 0.525 bits per heavy atom.